The van der Waals surface area contributed by atoms with E-state index in [-0.39, 0.29) is 0 Å². The number of nitrogens with zero attached hydrogens (tertiary/aromatic N) is 1. The van der Waals surface area contributed by atoms with E-state index in [1.807, 2.05) is 0 Å². The first-order chi connectivity index (χ1) is 7.71. The molecular weight excluding hydrogens is 216 g/mol. The van der Waals surface area contributed by atoms with Crippen molar-refractivity contribution in [3.63, 3.8) is 0 Å². The van der Waals surface area contributed by atoms with Gasteiger partial charge in [0, 0.05) is 17.5 Å². The minimum absolute atomic E-state index is 0.382. The molecule has 0 saturated carbocycles. The van der Waals surface area contributed by atoms with Gasteiger partial charge in [0.15, 0.2) is 0 Å². The molecule has 0 aliphatic carbocycles. The summed E-state index contributed by atoms with van der Waals surface area (Å²) in [7, 11) is 0. The highest BCUT2D eigenvalue weighted by atomic mass is 32.1. The monoisotopic (exact) mass is 240 g/mol. The molecule has 0 fully saturated rings. The second-order valence-corrected chi connectivity index (χ2v) is 5.24. The van der Waals surface area contributed by atoms with E-state index < -0.39 is 0 Å². The molecular formula is C13H24N2S. The number of hydrogen-bond acceptors (Lipinski definition) is 3. The van der Waals surface area contributed by atoms with Crippen LogP contribution in [0.15, 0.2) is 5.38 Å². The Labute approximate surface area is 103 Å². The van der Waals surface area contributed by atoms with Gasteiger partial charge in [-0.2, -0.15) is 0 Å². The van der Waals surface area contributed by atoms with E-state index in [1.54, 1.807) is 11.3 Å². The predicted molar refractivity (Wildman–Crippen MR) is 72.0 cm³/mol. The van der Waals surface area contributed by atoms with Crippen molar-refractivity contribution >= 4 is 11.3 Å². The Kier molecular flexibility index (Phi) is 5.99. The van der Waals surface area contributed by atoms with Crippen molar-refractivity contribution in [2.75, 3.05) is 0 Å². The van der Waals surface area contributed by atoms with Crippen molar-refractivity contribution in [3.05, 3.63) is 16.1 Å². The van der Waals surface area contributed by atoms with Crippen molar-refractivity contribution < 1.29 is 0 Å². The fraction of sp³-hybridized carbons (Fsp3) is 0.769. The highest BCUT2D eigenvalue weighted by Crippen LogP contribution is 2.18. The van der Waals surface area contributed by atoms with E-state index in [0.717, 1.165) is 6.42 Å². The normalized spacial score (nSPS) is 15.0. The fourth-order valence-corrected chi connectivity index (χ4v) is 2.72. The topological polar surface area (TPSA) is 24.9 Å². The first kappa shape index (κ1) is 13.7. The van der Waals surface area contributed by atoms with Crippen LogP contribution in [0.3, 0.4) is 0 Å². The van der Waals surface area contributed by atoms with E-state index in [2.05, 4.69) is 43.4 Å². The molecule has 1 N–H and O–H groups in total. The molecule has 2 nitrogen and oxygen atoms in total. The molecule has 0 bridgehead atoms. The Bertz CT molecular complexity index is 296. The number of nitrogens with one attached hydrogen (secondary N) is 1. The summed E-state index contributed by atoms with van der Waals surface area (Å²) in [6.07, 6.45) is 4.74. The summed E-state index contributed by atoms with van der Waals surface area (Å²) in [6.45, 7) is 8.87. The summed E-state index contributed by atoms with van der Waals surface area (Å²) < 4.78 is 0. The van der Waals surface area contributed by atoms with Gasteiger partial charge in [0.05, 0.1) is 10.7 Å². The van der Waals surface area contributed by atoms with Crippen molar-refractivity contribution in [1.29, 1.82) is 0 Å². The molecule has 16 heavy (non-hydrogen) atoms. The summed E-state index contributed by atoms with van der Waals surface area (Å²) in [6, 6.07) is 1.01. The first-order valence-electron chi connectivity index (χ1n) is 6.41. The van der Waals surface area contributed by atoms with Crippen LogP contribution in [0.1, 0.15) is 63.7 Å². The first-order valence-corrected chi connectivity index (χ1v) is 7.29. The Morgan fingerprint density at radius 2 is 2.12 bits per heavy atom. The lowest BCUT2D eigenvalue weighted by Crippen LogP contribution is -2.31. The molecule has 92 valence electrons. The van der Waals surface area contributed by atoms with Crippen LogP contribution in [0.25, 0.3) is 0 Å². The Hall–Kier alpha value is -0.410. The van der Waals surface area contributed by atoms with Crippen molar-refractivity contribution in [2.45, 2.75) is 65.5 Å². The van der Waals surface area contributed by atoms with Crippen molar-refractivity contribution in [3.8, 4) is 0 Å². The van der Waals surface area contributed by atoms with E-state index >= 15 is 0 Å². The average Bonchev–Trinajstić information content (AvgIpc) is 2.76. The molecule has 1 heterocycles. The number of hydrogen-bond donors (Lipinski definition) is 1. The second-order valence-electron chi connectivity index (χ2n) is 4.30. The summed E-state index contributed by atoms with van der Waals surface area (Å²) in [5.74, 6) is 0. The molecule has 1 aromatic heterocycles. The van der Waals surface area contributed by atoms with Crippen molar-refractivity contribution in [1.82, 2.24) is 10.3 Å². The van der Waals surface area contributed by atoms with Gasteiger partial charge in [0.25, 0.3) is 0 Å². The molecule has 0 aliphatic rings. The quantitative estimate of drug-likeness (QED) is 0.781. The van der Waals surface area contributed by atoms with E-state index in [1.165, 1.54) is 30.0 Å². The standard InChI is InChI=1S/C13H24N2S/c1-5-8-11(6-2)14-10(4)12-9-16-13(7-3)15-12/h9-11,14H,5-8H2,1-4H3. The average molecular weight is 240 g/mol. The molecule has 2 atom stereocenters. The lowest BCUT2D eigenvalue weighted by Gasteiger charge is -2.20. The van der Waals surface area contributed by atoms with Crippen LogP contribution in [0, 0.1) is 0 Å². The summed E-state index contributed by atoms with van der Waals surface area (Å²) in [4.78, 5) is 4.63. The molecule has 0 radical (unpaired) electrons. The van der Waals surface area contributed by atoms with Gasteiger partial charge in [-0.05, 0) is 26.2 Å². The van der Waals surface area contributed by atoms with Gasteiger partial charge >= 0.3 is 0 Å². The fourth-order valence-electron chi connectivity index (χ4n) is 1.88. The molecule has 0 aromatic carbocycles. The van der Waals surface area contributed by atoms with Crippen LogP contribution in [-0.2, 0) is 6.42 Å². The maximum Gasteiger partial charge on any atom is 0.0926 e. The lowest BCUT2D eigenvalue weighted by atomic mass is 10.1. The van der Waals surface area contributed by atoms with Crippen molar-refractivity contribution in [2.24, 2.45) is 0 Å². The lowest BCUT2D eigenvalue weighted by molar-refractivity contribution is 0.413. The number of aromatic nitrogens is 1. The van der Waals surface area contributed by atoms with Gasteiger partial charge < -0.3 is 5.32 Å². The van der Waals surface area contributed by atoms with Gasteiger partial charge in [-0.3, -0.25) is 0 Å². The van der Waals surface area contributed by atoms with E-state index in [4.69, 9.17) is 0 Å². The Morgan fingerprint density at radius 1 is 1.38 bits per heavy atom. The smallest absolute Gasteiger partial charge is 0.0926 e. The Balaban J connectivity index is 2.52. The van der Waals surface area contributed by atoms with Gasteiger partial charge in [0.2, 0.25) is 0 Å². The van der Waals surface area contributed by atoms with Crippen LogP contribution in [0.5, 0.6) is 0 Å². The third-order valence-electron chi connectivity index (χ3n) is 2.93. The molecule has 0 saturated heterocycles. The number of thiazole rings is 1. The van der Waals surface area contributed by atoms with Gasteiger partial charge in [-0.25, -0.2) is 4.98 Å². The third-order valence-corrected chi connectivity index (χ3v) is 3.94. The summed E-state index contributed by atoms with van der Waals surface area (Å²) >= 11 is 1.77. The SMILES string of the molecule is CCCC(CC)NC(C)c1csc(CC)n1. The van der Waals surface area contributed by atoms with Crippen LogP contribution in [-0.4, -0.2) is 11.0 Å². The van der Waals surface area contributed by atoms with Crippen LogP contribution in [0.2, 0.25) is 0 Å². The molecule has 0 spiro atoms. The zero-order chi connectivity index (χ0) is 12.0. The van der Waals surface area contributed by atoms with Crippen LogP contribution < -0.4 is 5.32 Å². The maximum atomic E-state index is 4.63. The minimum atomic E-state index is 0.382. The van der Waals surface area contributed by atoms with Gasteiger partial charge in [0.1, 0.15) is 0 Å². The van der Waals surface area contributed by atoms with Crippen LogP contribution >= 0.6 is 11.3 Å². The molecule has 1 aromatic rings. The third kappa shape index (κ3) is 3.87. The van der Waals surface area contributed by atoms with E-state index in [0.29, 0.717) is 12.1 Å². The highest BCUT2D eigenvalue weighted by Gasteiger charge is 2.13. The predicted octanol–water partition coefficient (Wildman–Crippen LogP) is 3.93. The zero-order valence-corrected chi connectivity index (χ0v) is 11.7. The largest absolute Gasteiger partial charge is 0.306 e. The summed E-state index contributed by atoms with van der Waals surface area (Å²) in [5.41, 5.74) is 1.21. The minimum Gasteiger partial charge on any atom is -0.306 e. The molecule has 1 rings (SSSR count). The Morgan fingerprint density at radius 3 is 2.62 bits per heavy atom. The zero-order valence-electron chi connectivity index (χ0n) is 10.9. The molecule has 0 aliphatic heterocycles. The number of rotatable bonds is 7. The second kappa shape index (κ2) is 7.02. The number of aryl methyl sites for hydroxylation is 1. The van der Waals surface area contributed by atoms with Gasteiger partial charge in [-0.1, -0.05) is 27.2 Å². The summed E-state index contributed by atoms with van der Waals surface area (Å²) in [5, 5.41) is 7.10. The van der Waals surface area contributed by atoms with E-state index in [9.17, 15) is 0 Å². The molecule has 0 amide bonds. The van der Waals surface area contributed by atoms with Gasteiger partial charge in [-0.15, -0.1) is 11.3 Å². The van der Waals surface area contributed by atoms with Crippen LogP contribution in [0.4, 0.5) is 0 Å². The molecule has 3 heteroatoms. The maximum absolute atomic E-state index is 4.63. The molecule has 2 unspecified atom stereocenters. The highest BCUT2D eigenvalue weighted by molar-refractivity contribution is 7.09.